The SMILES string of the molecule is Cc1cc(CN2CCN(C)CC2)cc(NC(=O)c2cc(Oc3nc(-c4ccncc4)nc4c3ncn4C)ccc2C)c1. The fourth-order valence-electron chi connectivity index (χ4n) is 5.19. The molecule has 42 heavy (non-hydrogen) atoms. The van der Waals surface area contributed by atoms with Gasteiger partial charge in [-0.25, -0.2) is 9.97 Å². The van der Waals surface area contributed by atoms with Crippen molar-refractivity contribution < 1.29 is 9.53 Å². The number of imidazole rings is 1. The summed E-state index contributed by atoms with van der Waals surface area (Å²) in [5.74, 6) is 1.10. The van der Waals surface area contributed by atoms with E-state index in [4.69, 9.17) is 4.74 Å². The number of pyridine rings is 1. The monoisotopic (exact) mass is 562 g/mol. The van der Waals surface area contributed by atoms with Gasteiger partial charge < -0.3 is 19.5 Å². The molecule has 1 fully saturated rings. The lowest BCUT2D eigenvalue weighted by atomic mass is 10.1. The van der Waals surface area contributed by atoms with Crippen LogP contribution in [-0.4, -0.2) is 73.4 Å². The van der Waals surface area contributed by atoms with Gasteiger partial charge in [0.15, 0.2) is 17.0 Å². The van der Waals surface area contributed by atoms with Gasteiger partial charge in [0.1, 0.15) is 5.75 Å². The topological polar surface area (TPSA) is 101 Å². The Balaban J connectivity index is 1.24. The average molecular weight is 563 g/mol. The van der Waals surface area contributed by atoms with Gasteiger partial charge in [0.2, 0.25) is 0 Å². The van der Waals surface area contributed by atoms with E-state index in [2.05, 4.69) is 61.2 Å². The van der Waals surface area contributed by atoms with Gasteiger partial charge in [-0.2, -0.15) is 4.98 Å². The predicted molar refractivity (Wildman–Crippen MR) is 163 cm³/mol. The van der Waals surface area contributed by atoms with E-state index in [-0.39, 0.29) is 5.91 Å². The van der Waals surface area contributed by atoms with Crippen LogP contribution in [0.2, 0.25) is 0 Å². The van der Waals surface area contributed by atoms with Crippen LogP contribution < -0.4 is 10.1 Å². The maximum absolute atomic E-state index is 13.5. The molecule has 0 radical (unpaired) electrons. The molecule has 10 nitrogen and oxygen atoms in total. The number of carbonyl (C=O) groups excluding carboxylic acids is 1. The number of rotatable bonds is 7. The third kappa shape index (κ3) is 6.00. The number of nitrogens with one attached hydrogen (secondary N) is 1. The number of aryl methyl sites for hydroxylation is 3. The van der Waals surface area contributed by atoms with Crippen molar-refractivity contribution in [1.29, 1.82) is 0 Å². The minimum absolute atomic E-state index is 0.197. The zero-order valence-corrected chi connectivity index (χ0v) is 24.3. The fraction of sp³-hybridized carbons (Fsp3) is 0.281. The normalized spacial score (nSPS) is 14.3. The molecule has 0 spiro atoms. The van der Waals surface area contributed by atoms with E-state index in [9.17, 15) is 4.79 Å². The first-order chi connectivity index (χ1) is 20.3. The molecule has 2 aromatic carbocycles. The Labute approximate surface area is 245 Å². The maximum atomic E-state index is 13.5. The number of hydrogen-bond acceptors (Lipinski definition) is 8. The second-order valence-corrected chi connectivity index (χ2v) is 10.9. The van der Waals surface area contributed by atoms with Crippen LogP contribution in [0.25, 0.3) is 22.6 Å². The number of likely N-dealkylation sites (N-methyl/N-ethyl adjacent to an activating group) is 1. The number of anilines is 1. The third-order valence-corrected chi connectivity index (χ3v) is 7.53. The summed E-state index contributed by atoms with van der Waals surface area (Å²) in [6, 6.07) is 15.4. The van der Waals surface area contributed by atoms with Crippen LogP contribution >= 0.6 is 0 Å². The molecular formula is C32H34N8O2. The molecule has 1 saturated heterocycles. The third-order valence-electron chi connectivity index (χ3n) is 7.53. The zero-order valence-electron chi connectivity index (χ0n) is 24.3. The summed E-state index contributed by atoms with van der Waals surface area (Å²) >= 11 is 0. The average Bonchev–Trinajstić information content (AvgIpc) is 3.36. The van der Waals surface area contributed by atoms with Crippen molar-refractivity contribution in [1.82, 2.24) is 34.3 Å². The van der Waals surface area contributed by atoms with Crippen molar-refractivity contribution in [3.8, 4) is 23.0 Å². The summed E-state index contributed by atoms with van der Waals surface area (Å²) < 4.78 is 8.08. The predicted octanol–water partition coefficient (Wildman–Crippen LogP) is 4.83. The highest BCUT2D eigenvalue weighted by Crippen LogP contribution is 2.30. The zero-order chi connectivity index (χ0) is 29.2. The largest absolute Gasteiger partial charge is 0.437 e. The van der Waals surface area contributed by atoms with Crippen molar-refractivity contribution in [2.75, 3.05) is 38.5 Å². The van der Waals surface area contributed by atoms with Gasteiger partial charge >= 0.3 is 0 Å². The molecular weight excluding hydrogens is 528 g/mol. The number of carbonyl (C=O) groups is 1. The number of fused-ring (bicyclic) bond motifs is 1. The molecule has 1 aliphatic rings. The molecule has 0 saturated carbocycles. The molecule has 0 bridgehead atoms. The molecule has 3 aromatic heterocycles. The molecule has 1 N–H and O–H groups in total. The van der Waals surface area contributed by atoms with Gasteiger partial charge in [-0.3, -0.25) is 14.7 Å². The lowest BCUT2D eigenvalue weighted by Crippen LogP contribution is -2.43. The molecule has 1 amide bonds. The standard InChI is InChI=1S/C32H34N8O2/c1-21-15-23(19-40-13-11-38(3)12-14-40)17-25(16-21)35-31(41)27-18-26(6-5-22(27)2)42-32-28-30(39(4)20-34-28)36-29(37-32)24-7-9-33-10-8-24/h5-10,15-18,20H,11-14,19H2,1-4H3,(H,35,41). The summed E-state index contributed by atoms with van der Waals surface area (Å²) in [7, 11) is 4.03. The summed E-state index contributed by atoms with van der Waals surface area (Å²) in [6.45, 7) is 9.06. The lowest BCUT2D eigenvalue weighted by Gasteiger charge is -2.32. The Kier molecular flexibility index (Phi) is 7.64. The number of piperazine rings is 1. The molecule has 0 aliphatic carbocycles. The number of benzene rings is 2. The highest BCUT2D eigenvalue weighted by molar-refractivity contribution is 6.05. The number of hydrogen-bond donors (Lipinski definition) is 1. The smallest absolute Gasteiger partial charge is 0.256 e. The van der Waals surface area contributed by atoms with E-state index in [1.54, 1.807) is 24.8 Å². The molecule has 10 heteroatoms. The van der Waals surface area contributed by atoms with Gasteiger partial charge in [-0.05, 0) is 74.0 Å². The molecule has 0 unspecified atom stereocenters. The van der Waals surface area contributed by atoms with Gasteiger partial charge in [0, 0.05) is 69.0 Å². The number of aromatic nitrogens is 5. The van der Waals surface area contributed by atoms with Gasteiger partial charge in [0.25, 0.3) is 11.8 Å². The first-order valence-corrected chi connectivity index (χ1v) is 14.0. The lowest BCUT2D eigenvalue weighted by molar-refractivity contribution is 0.102. The van der Waals surface area contributed by atoms with Crippen molar-refractivity contribution in [2.24, 2.45) is 7.05 Å². The van der Waals surface area contributed by atoms with Crippen LogP contribution in [0, 0.1) is 13.8 Å². The summed E-state index contributed by atoms with van der Waals surface area (Å²) in [5, 5.41) is 3.11. The van der Waals surface area contributed by atoms with Crippen LogP contribution in [0.4, 0.5) is 5.69 Å². The highest BCUT2D eigenvalue weighted by atomic mass is 16.5. The minimum Gasteiger partial charge on any atom is -0.437 e. The van der Waals surface area contributed by atoms with E-state index in [0.717, 1.165) is 55.1 Å². The first-order valence-electron chi connectivity index (χ1n) is 14.0. The Morgan fingerprint density at radius 1 is 0.952 bits per heavy atom. The fourth-order valence-corrected chi connectivity index (χ4v) is 5.19. The summed E-state index contributed by atoms with van der Waals surface area (Å²) in [5.41, 5.74) is 6.44. The van der Waals surface area contributed by atoms with Crippen molar-refractivity contribution in [3.63, 3.8) is 0 Å². The Morgan fingerprint density at radius 3 is 2.52 bits per heavy atom. The Hall–Kier alpha value is -4.67. The van der Waals surface area contributed by atoms with E-state index in [0.29, 0.717) is 34.2 Å². The number of nitrogens with zero attached hydrogens (tertiary/aromatic N) is 7. The highest BCUT2D eigenvalue weighted by Gasteiger charge is 2.18. The molecule has 1 aliphatic heterocycles. The van der Waals surface area contributed by atoms with E-state index in [1.807, 2.05) is 48.9 Å². The summed E-state index contributed by atoms with van der Waals surface area (Å²) in [4.78, 5) is 36.2. The number of ether oxygens (including phenoxy) is 1. The van der Waals surface area contributed by atoms with E-state index >= 15 is 0 Å². The van der Waals surface area contributed by atoms with Crippen molar-refractivity contribution in [3.05, 3.63) is 89.5 Å². The van der Waals surface area contributed by atoms with E-state index in [1.165, 1.54) is 5.56 Å². The molecule has 6 rings (SSSR count). The molecule has 0 atom stereocenters. The first kappa shape index (κ1) is 27.5. The molecule has 4 heterocycles. The Bertz CT molecular complexity index is 1740. The van der Waals surface area contributed by atoms with Gasteiger partial charge in [-0.15, -0.1) is 0 Å². The van der Waals surface area contributed by atoms with Crippen LogP contribution in [0.3, 0.4) is 0 Å². The van der Waals surface area contributed by atoms with Gasteiger partial charge in [0.05, 0.1) is 6.33 Å². The van der Waals surface area contributed by atoms with Crippen molar-refractivity contribution in [2.45, 2.75) is 20.4 Å². The second-order valence-electron chi connectivity index (χ2n) is 10.9. The number of amides is 1. The minimum atomic E-state index is -0.197. The maximum Gasteiger partial charge on any atom is 0.256 e. The quantitative estimate of drug-likeness (QED) is 0.301. The molecule has 5 aromatic rings. The Morgan fingerprint density at radius 2 is 1.74 bits per heavy atom. The van der Waals surface area contributed by atoms with Crippen molar-refractivity contribution >= 4 is 22.8 Å². The molecule has 214 valence electrons. The van der Waals surface area contributed by atoms with Crippen LogP contribution in [0.15, 0.2) is 67.3 Å². The summed E-state index contributed by atoms with van der Waals surface area (Å²) in [6.07, 6.45) is 5.07. The second kappa shape index (κ2) is 11.7. The van der Waals surface area contributed by atoms with Crippen LogP contribution in [-0.2, 0) is 13.6 Å². The van der Waals surface area contributed by atoms with Gasteiger partial charge in [-0.1, -0.05) is 12.1 Å². The van der Waals surface area contributed by atoms with E-state index < -0.39 is 0 Å². The van der Waals surface area contributed by atoms with Crippen LogP contribution in [0.5, 0.6) is 11.6 Å². The van der Waals surface area contributed by atoms with Crippen LogP contribution in [0.1, 0.15) is 27.0 Å².